The topological polar surface area (TPSA) is 45.6 Å². The Labute approximate surface area is 136 Å². The molecule has 0 amide bonds. The van der Waals surface area contributed by atoms with Crippen LogP contribution < -0.4 is 15.5 Å². The van der Waals surface area contributed by atoms with E-state index in [9.17, 15) is 0 Å². The van der Waals surface area contributed by atoms with E-state index in [-0.39, 0.29) is 0 Å². The highest BCUT2D eigenvalue weighted by Crippen LogP contribution is 2.10. The predicted octanol–water partition coefficient (Wildman–Crippen LogP) is 3.00. The summed E-state index contributed by atoms with van der Waals surface area (Å²) >= 11 is 5.19. The van der Waals surface area contributed by atoms with E-state index in [0.717, 1.165) is 16.9 Å². The molecule has 0 spiro atoms. The summed E-state index contributed by atoms with van der Waals surface area (Å²) < 4.78 is 5.12. The lowest BCUT2D eigenvalue weighted by Gasteiger charge is -2.08. The van der Waals surface area contributed by atoms with Gasteiger partial charge in [-0.3, -0.25) is 5.43 Å². The molecule has 22 heavy (non-hydrogen) atoms. The number of nitrogens with zero attached hydrogens (tertiary/aromatic N) is 1. The lowest BCUT2D eigenvalue weighted by atomic mass is 10.1. The molecular formula is C17H19N3OS. The maximum absolute atomic E-state index is 5.19. The average molecular weight is 313 g/mol. The molecule has 0 atom stereocenters. The Bertz CT molecular complexity index is 653. The van der Waals surface area contributed by atoms with Crippen molar-refractivity contribution in [1.29, 1.82) is 0 Å². The second kappa shape index (κ2) is 8.14. The molecule has 5 heteroatoms. The molecule has 0 aliphatic rings. The number of thiocarbonyl (C=S) groups is 1. The molecule has 0 unspecified atom stereocenters. The van der Waals surface area contributed by atoms with Gasteiger partial charge in [-0.15, -0.1) is 0 Å². The first-order valence-corrected chi connectivity index (χ1v) is 7.35. The Morgan fingerprint density at radius 2 is 1.91 bits per heavy atom. The van der Waals surface area contributed by atoms with Crippen LogP contribution in [0.25, 0.3) is 0 Å². The quantitative estimate of drug-likeness (QED) is 0.506. The molecule has 2 N–H and O–H groups in total. The molecule has 0 aliphatic carbocycles. The van der Waals surface area contributed by atoms with Crippen molar-refractivity contribution in [3.05, 3.63) is 65.2 Å². The molecule has 0 bridgehead atoms. The summed E-state index contributed by atoms with van der Waals surface area (Å²) in [6.07, 6.45) is 1.76. The summed E-state index contributed by atoms with van der Waals surface area (Å²) in [5.74, 6) is 0.840. The van der Waals surface area contributed by atoms with Crippen molar-refractivity contribution in [3.8, 4) is 5.75 Å². The zero-order chi connectivity index (χ0) is 15.8. The molecule has 0 fully saturated rings. The van der Waals surface area contributed by atoms with Crippen molar-refractivity contribution >= 4 is 23.5 Å². The van der Waals surface area contributed by atoms with Gasteiger partial charge in [-0.2, -0.15) is 5.10 Å². The minimum atomic E-state index is 0.487. The van der Waals surface area contributed by atoms with E-state index in [4.69, 9.17) is 17.0 Å². The summed E-state index contributed by atoms with van der Waals surface area (Å²) in [6.45, 7) is 2.68. The minimum Gasteiger partial charge on any atom is -0.497 e. The molecule has 0 radical (unpaired) electrons. The largest absolute Gasteiger partial charge is 0.497 e. The highest BCUT2D eigenvalue weighted by atomic mass is 32.1. The number of nitrogens with one attached hydrogen (secondary N) is 2. The number of rotatable bonds is 5. The van der Waals surface area contributed by atoms with Gasteiger partial charge in [0.15, 0.2) is 5.11 Å². The molecule has 0 saturated heterocycles. The third kappa shape index (κ3) is 4.86. The van der Waals surface area contributed by atoms with Crippen LogP contribution in [-0.4, -0.2) is 18.4 Å². The minimum absolute atomic E-state index is 0.487. The number of methoxy groups -OCH3 is 1. The summed E-state index contributed by atoms with van der Waals surface area (Å²) in [5, 5.41) is 7.73. The molecule has 114 valence electrons. The Morgan fingerprint density at radius 1 is 1.18 bits per heavy atom. The monoisotopic (exact) mass is 313 g/mol. The van der Waals surface area contributed by atoms with Crippen LogP contribution in [0, 0.1) is 6.92 Å². The molecule has 0 aliphatic heterocycles. The molecule has 0 heterocycles. The summed E-state index contributed by atoms with van der Waals surface area (Å²) in [7, 11) is 1.65. The lowest BCUT2D eigenvalue weighted by molar-refractivity contribution is 0.414. The standard InChI is InChI=1S/C17H19N3OS/c1-13-5-3-4-6-15(13)12-19-20-17(22)18-11-14-7-9-16(21-2)10-8-14/h3-10,12H,11H2,1-2H3,(H2,18,20,22)/b19-12-. The van der Waals surface area contributed by atoms with Gasteiger partial charge in [0.2, 0.25) is 0 Å². The number of hydrogen-bond donors (Lipinski definition) is 2. The first-order valence-electron chi connectivity index (χ1n) is 6.94. The van der Waals surface area contributed by atoms with Gasteiger partial charge in [0.05, 0.1) is 13.3 Å². The maximum atomic E-state index is 5.19. The summed E-state index contributed by atoms with van der Waals surface area (Å²) in [6, 6.07) is 15.9. The Balaban J connectivity index is 1.79. The van der Waals surface area contributed by atoms with Crippen molar-refractivity contribution in [2.45, 2.75) is 13.5 Å². The second-order valence-corrected chi connectivity index (χ2v) is 5.17. The normalized spacial score (nSPS) is 10.5. The number of ether oxygens (including phenoxy) is 1. The van der Waals surface area contributed by atoms with Gasteiger partial charge in [-0.25, -0.2) is 0 Å². The molecule has 0 saturated carbocycles. The number of hydrogen-bond acceptors (Lipinski definition) is 3. The van der Waals surface area contributed by atoms with Crippen molar-refractivity contribution in [3.63, 3.8) is 0 Å². The van der Waals surface area contributed by atoms with Gasteiger partial charge in [-0.05, 0) is 48.0 Å². The zero-order valence-corrected chi connectivity index (χ0v) is 13.5. The highest BCUT2D eigenvalue weighted by molar-refractivity contribution is 7.80. The van der Waals surface area contributed by atoms with E-state index in [2.05, 4.69) is 15.8 Å². The molecular weight excluding hydrogens is 294 g/mol. The third-order valence-electron chi connectivity index (χ3n) is 3.17. The summed E-state index contributed by atoms with van der Waals surface area (Å²) in [5.41, 5.74) is 6.17. The van der Waals surface area contributed by atoms with Crippen molar-refractivity contribution in [2.75, 3.05) is 7.11 Å². The second-order valence-electron chi connectivity index (χ2n) is 4.76. The van der Waals surface area contributed by atoms with Crippen molar-refractivity contribution < 1.29 is 4.74 Å². The Morgan fingerprint density at radius 3 is 2.59 bits per heavy atom. The predicted molar refractivity (Wildman–Crippen MR) is 94.3 cm³/mol. The number of aryl methyl sites for hydroxylation is 1. The van der Waals surface area contributed by atoms with E-state index >= 15 is 0 Å². The van der Waals surface area contributed by atoms with Crippen LogP contribution >= 0.6 is 12.2 Å². The van der Waals surface area contributed by atoms with Gasteiger partial charge in [-0.1, -0.05) is 36.4 Å². The molecule has 2 aromatic carbocycles. The van der Waals surface area contributed by atoms with Gasteiger partial charge < -0.3 is 10.1 Å². The van der Waals surface area contributed by atoms with E-state index in [1.165, 1.54) is 5.56 Å². The summed E-state index contributed by atoms with van der Waals surface area (Å²) in [4.78, 5) is 0. The van der Waals surface area contributed by atoms with Gasteiger partial charge in [0.1, 0.15) is 5.75 Å². The van der Waals surface area contributed by atoms with Crippen LogP contribution in [-0.2, 0) is 6.54 Å². The fraction of sp³-hybridized carbons (Fsp3) is 0.176. The van der Waals surface area contributed by atoms with E-state index < -0.39 is 0 Å². The maximum Gasteiger partial charge on any atom is 0.187 e. The van der Waals surface area contributed by atoms with Crippen LogP contribution in [0.2, 0.25) is 0 Å². The Kier molecular flexibility index (Phi) is 5.91. The van der Waals surface area contributed by atoms with Gasteiger partial charge in [0.25, 0.3) is 0 Å². The fourth-order valence-corrected chi connectivity index (χ4v) is 1.98. The van der Waals surface area contributed by atoms with E-state index in [1.54, 1.807) is 13.3 Å². The zero-order valence-electron chi connectivity index (χ0n) is 12.7. The van der Waals surface area contributed by atoms with Gasteiger partial charge >= 0.3 is 0 Å². The SMILES string of the molecule is COc1ccc(CNC(=S)N/N=C\c2ccccc2C)cc1. The third-order valence-corrected chi connectivity index (χ3v) is 3.41. The average Bonchev–Trinajstić information content (AvgIpc) is 2.55. The first-order chi connectivity index (χ1) is 10.7. The highest BCUT2D eigenvalue weighted by Gasteiger charge is 1.97. The molecule has 2 aromatic rings. The van der Waals surface area contributed by atoms with Crippen LogP contribution in [0.15, 0.2) is 53.6 Å². The fourth-order valence-electron chi connectivity index (χ4n) is 1.86. The van der Waals surface area contributed by atoms with Crippen LogP contribution in [0.3, 0.4) is 0 Å². The van der Waals surface area contributed by atoms with Crippen molar-refractivity contribution in [2.24, 2.45) is 5.10 Å². The van der Waals surface area contributed by atoms with E-state index in [0.29, 0.717) is 11.7 Å². The Hall–Kier alpha value is -2.40. The molecule has 0 aromatic heterocycles. The number of benzene rings is 2. The van der Waals surface area contributed by atoms with E-state index in [1.807, 2.05) is 55.5 Å². The number of hydrazone groups is 1. The first kappa shape index (κ1) is 16.0. The van der Waals surface area contributed by atoms with Crippen LogP contribution in [0.5, 0.6) is 5.75 Å². The smallest absolute Gasteiger partial charge is 0.187 e. The molecule has 2 rings (SSSR count). The van der Waals surface area contributed by atoms with Gasteiger partial charge in [0, 0.05) is 6.54 Å². The van der Waals surface area contributed by atoms with Crippen LogP contribution in [0.1, 0.15) is 16.7 Å². The van der Waals surface area contributed by atoms with Crippen LogP contribution in [0.4, 0.5) is 0 Å². The van der Waals surface area contributed by atoms with Crippen molar-refractivity contribution in [1.82, 2.24) is 10.7 Å². The molecule has 4 nitrogen and oxygen atoms in total. The lowest BCUT2D eigenvalue weighted by Crippen LogP contribution is -2.31.